The molecule has 0 saturated heterocycles. The Morgan fingerprint density at radius 1 is 0.444 bits per heavy atom. The van der Waals surface area contributed by atoms with Crippen LogP contribution >= 0.6 is 0 Å². The number of hydrogen-bond acceptors (Lipinski definition) is 0. The van der Waals surface area contributed by atoms with Crippen molar-refractivity contribution in [1.82, 2.24) is 0 Å². The second kappa shape index (κ2) is 284. The minimum atomic E-state index is 0. The minimum absolute atomic E-state index is 0. The summed E-state index contributed by atoms with van der Waals surface area (Å²) in [5.74, 6) is 0. The van der Waals surface area contributed by atoms with Crippen LogP contribution in [0.3, 0.4) is 0 Å². The molecule has 0 aliphatic heterocycles. The average molecular weight is 263 g/mol. The largest absolute Gasteiger partial charge is 4.00 e. The van der Waals surface area contributed by atoms with E-state index in [2.05, 4.69) is 0 Å². The molecule has 9 heteroatoms. The minimum Gasteiger partial charge on any atom is -2.00 e. The topological polar surface area (TPSA) is 171 Å². The molecule has 0 spiro atoms. The summed E-state index contributed by atoms with van der Waals surface area (Å²) >= 11 is 0. The van der Waals surface area contributed by atoms with E-state index in [1.54, 1.807) is 0 Å². The molecule has 0 heterocycles. The molecular formula is O6SiTiZr. The van der Waals surface area contributed by atoms with E-state index in [-0.39, 0.29) is 91.7 Å². The molecule has 0 aromatic heterocycles. The number of rotatable bonds is 0. The van der Waals surface area contributed by atoms with Gasteiger partial charge in [-0.2, -0.15) is 0 Å². The first-order chi connectivity index (χ1) is 0. The van der Waals surface area contributed by atoms with E-state index in [1.165, 1.54) is 0 Å². The smallest absolute Gasteiger partial charge is 2.00 e. The zero-order valence-electron chi connectivity index (χ0n) is 3.95. The van der Waals surface area contributed by atoms with E-state index < -0.39 is 0 Å². The molecule has 0 bridgehead atoms. The molecule has 0 amide bonds. The Labute approximate surface area is 91.3 Å². The fraction of sp³-hybridized carbons (Fsp3) is 0. The van der Waals surface area contributed by atoms with Crippen LogP contribution in [0.2, 0.25) is 0 Å². The summed E-state index contributed by atoms with van der Waals surface area (Å²) in [7, 11) is 0. The Morgan fingerprint density at radius 2 is 0.444 bits per heavy atom. The van der Waals surface area contributed by atoms with Crippen LogP contribution < -0.4 is 0 Å². The first kappa shape index (κ1) is 391. The maximum absolute atomic E-state index is 0. The Balaban J connectivity index is 0. The van der Waals surface area contributed by atoms with Crippen molar-refractivity contribution in [2.75, 3.05) is 0 Å². The molecule has 6 nitrogen and oxygen atoms in total. The SMILES string of the molecule is [O-2].[O-2].[O-2].[O-2].[O-2].[O-2].[Si+4].[Ti+4].[Zr+4]. The zero-order valence-corrected chi connectivity index (χ0v) is 8.97. The van der Waals surface area contributed by atoms with Gasteiger partial charge < -0.3 is 32.9 Å². The fourth-order valence-electron chi connectivity index (χ4n) is 0. The Kier molecular flexibility index (Phi) is 12300. The predicted molar refractivity (Wildman–Crippen MR) is 9.87 cm³/mol. The van der Waals surface area contributed by atoms with Crippen molar-refractivity contribution >= 4 is 11.0 Å². The molecule has 9 heavy (non-hydrogen) atoms. The van der Waals surface area contributed by atoms with Crippen molar-refractivity contribution in [3.05, 3.63) is 0 Å². The first-order valence-corrected chi connectivity index (χ1v) is 0. The Morgan fingerprint density at radius 3 is 0.444 bits per heavy atom. The van der Waals surface area contributed by atoms with Gasteiger partial charge in [0.15, 0.2) is 0 Å². The summed E-state index contributed by atoms with van der Waals surface area (Å²) in [6.07, 6.45) is 0. The van der Waals surface area contributed by atoms with Crippen LogP contribution in [0.4, 0.5) is 0 Å². The Bertz CT molecular complexity index is 13.0. The van der Waals surface area contributed by atoms with Gasteiger partial charge in [-0.15, -0.1) is 0 Å². The summed E-state index contributed by atoms with van der Waals surface area (Å²) in [6.45, 7) is 0. The van der Waals surface area contributed by atoms with Crippen molar-refractivity contribution in [1.29, 1.82) is 0 Å². The molecule has 48 valence electrons. The van der Waals surface area contributed by atoms with E-state index in [4.69, 9.17) is 0 Å². The standard InChI is InChI=1S/6O.Si.Ti.Zr/q6*-2;3*+4. The summed E-state index contributed by atoms with van der Waals surface area (Å²) in [5, 5.41) is 0. The van der Waals surface area contributed by atoms with Gasteiger partial charge in [0.05, 0.1) is 0 Å². The van der Waals surface area contributed by atoms with E-state index in [0.29, 0.717) is 0 Å². The molecule has 0 rings (SSSR count). The van der Waals surface area contributed by atoms with Crippen LogP contribution in [-0.4, -0.2) is 11.0 Å². The molecule has 0 fully saturated rings. The van der Waals surface area contributed by atoms with Crippen molar-refractivity contribution in [3.8, 4) is 0 Å². The summed E-state index contributed by atoms with van der Waals surface area (Å²) in [5.41, 5.74) is 0. The summed E-state index contributed by atoms with van der Waals surface area (Å²) in [6, 6.07) is 0. The summed E-state index contributed by atoms with van der Waals surface area (Å²) < 4.78 is 0. The van der Waals surface area contributed by atoms with Crippen molar-refractivity contribution in [2.45, 2.75) is 0 Å². The maximum Gasteiger partial charge on any atom is 4.00 e. The fourth-order valence-corrected chi connectivity index (χ4v) is 0. The normalized spacial score (nSPS) is 0. The second-order valence-corrected chi connectivity index (χ2v) is 0. The van der Waals surface area contributed by atoms with Crippen LogP contribution in [0, 0.1) is 0 Å². The third-order valence-corrected chi connectivity index (χ3v) is 0. The van der Waals surface area contributed by atoms with Gasteiger partial charge in [-0.1, -0.05) is 0 Å². The third kappa shape index (κ3) is 222. The molecular weight excluding hydrogens is 263 g/mol. The van der Waals surface area contributed by atoms with Gasteiger partial charge in [0.1, 0.15) is 0 Å². The van der Waals surface area contributed by atoms with Gasteiger partial charge in [-0.3, -0.25) is 0 Å². The van der Waals surface area contributed by atoms with Crippen molar-refractivity contribution in [2.24, 2.45) is 0 Å². The molecule has 0 unspecified atom stereocenters. The Hall–Kier alpha value is 1.57. The molecule has 0 saturated carbocycles. The maximum atomic E-state index is 0. The zero-order chi connectivity index (χ0) is 0. The van der Waals surface area contributed by atoms with Crippen LogP contribution in [0.5, 0.6) is 0 Å². The van der Waals surface area contributed by atoms with Gasteiger partial charge in [0, 0.05) is 0 Å². The van der Waals surface area contributed by atoms with Gasteiger partial charge >= 0.3 is 58.9 Å². The van der Waals surface area contributed by atoms with Crippen LogP contribution in [0.25, 0.3) is 0 Å². The molecule has 0 aromatic rings. The quantitative estimate of drug-likeness (QED) is 0.483. The molecule has 0 N–H and O–H groups in total. The number of hydrogen-bond donors (Lipinski definition) is 0. The van der Waals surface area contributed by atoms with E-state index in [0.717, 1.165) is 0 Å². The van der Waals surface area contributed by atoms with Gasteiger partial charge in [0.2, 0.25) is 0 Å². The predicted octanol–water partition coefficient (Wildman–Crippen LogP) is -1.10. The molecule has 0 atom stereocenters. The van der Waals surface area contributed by atoms with Crippen LogP contribution in [0.1, 0.15) is 0 Å². The van der Waals surface area contributed by atoms with Crippen molar-refractivity contribution in [3.63, 3.8) is 0 Å². The third-order valence-electron chi connectivity index (χ3n) is 0. The van der Waals surface area contributed by atoms with Gasteiger partial charge in [-0.25, -0.2) is 0 Å². The van der Waals surface area contributed by atoms with Crippen molar-refractivity contribution < 1.29 is 80.8 Å². The van der Waals surface area contributed by atoms with Crippen LogP contribution in [0.15, 0.2) is 0 Å². The second-order valence-electron chi connectivity index (χ2n) is 0. The van der Waals surface area contributed by atoms with E-state index in [9.17, 15) is 0 Å². The molecule has 0 radical (unpaired) electrons. The molecule has 0 aliphatic carbocycles. The van der Waals surface area contributed by atoms with E-state index >= 15 is 0 Å². The van der Waals surface area contributed by atoms with Gasteiger partial charge in [-0.05, 0) is 0 Å². The average Bonchev–Trinajstić information content (AvgIpc) is 0. The van der Waals surface area contributed by atoms with E-state index in [1.807, 2.05) is 0 Å². The van der Waals surface area contributed by atoms with Crippen LogP contribution in [-0.2, 0) is 80.8 Å². The first-order valence-electron chi connectivity index (χ1n) is 0. The molecule has 0 aromatic carbocycles. The van der Waals surface area contributed by atoms with Gasteiger partial charge in [0.25, 0.3) is 0 Å². The summed E-state index contributed by atoms with van der Waals surface area (Å²) in [4.78, 5) is 0. The monoisotopic (exact) mass is 262 g/mol. The molecule has 0 aliphatic rings.